The molecule has 1 aromatic rings. The minimum Gasteiger partial charge on any atom is -0.392 e. The fourth-order valence-corrected chi connectivity index (χ4v) is 2.69. The van der Waals surface area contributed by atoms with Crippen molar-refractivity contribution in [3.05, 3.63) is 18.6 Å². The molecular weight excluding hydrogens is 246 g/mol. The maximum absolute atomic E-state index is 5.78. The molecule has 1 aliphatic heterocycles. The third kappa shape index (κ3) is 2.94. The third-order valence-electron chi connectivity index (χ3n) is 3.36. The Morgan fingerprint density at radius 2 is 2.17 bits per heavy atom. The molecule has 18 heavy (non-hydrogen) atoms. The molecule has 0 saturated carbocycles. The first-order valence-electron chi connectivity index (χ1n) is 6.26. The van der Waals surface area contributed by atoms with Crippen molar-refractivity contribution in [3.63, 3.8) is 0 Å². The highest BCUT2D eigenvalue weighted by Gasteiger charge is 2.24. The Hall–Kier alpha value is -1.27. The Morgan fingerprint density at radius 3 is 2.67 bits per heavy atom. The zero-order valence-corrected chi connectivity index (χ0v) is 11.4. The van der Waals surface area contributed by atoms with Gasteiger partial charge in [-0.15, -0.1) is 0 Å². The Bertz CT molecular complexity index is 389. The van der Waals surface area contributed by atoms with E-state index in [2.05, 4.69) is 26.7 Å². The molecule has 0 spiro atoms. The average Bonchev–Trinajstić information content (AvgIpc) is 2.41. The van der Waals surface area contributed by atoms with Gasteiger partial charge in [-0.2, -0.15) is 0 Å². The molecule has 0 aliphatic carbocycles. The summed E-state index contributed by atoms with van der Waals surface area (Å²) in [6.45, 7) is 5.98. The molecule has 6 heteroatoms. The number of hydrogen-bond acceptors (Lipinski definition) is 5. The Morgan fingerprint density at radius 1 is 1.44 bits per heavy atom. The molecule has 0 aromatic carbocycles. The molecule has 0 amide bonds. The van der Waals surface area contributed by atoms with E-state index < -0.39 is 0 Å². The second kappa shape index (κ2) is 6.06. The number of piperazine rings is 1. The van der Waals surface area contributed by atoms with Crippen LogP contribution in [-0.4, -0.2) is 52.1 Å². The number of anilines is 1. The van der Waals surface area contributed by atoms with Gasteiger partial charge in [-0.3, -0.25) is 4.90 Å². The predicted octanol–water partition coefficient (Wildman–Crippen LogP) is 0.663. The lowest BCUT2D eigenvalue weighted by atomic mass is 10.1. The summed E-state index contributed by atoms with van der Waals surface area (Å²) < 4.78 is 0. The van der Waals surface area contributed by atoms with Gasteiger partial charge in [0.2, 0.25) is 0 Å². The van der Waals surface area contributed by atoms with Crippen molar-refractivity contribution in [2.75, 3.05) is 31.1 Å². The molecule has 1 fully saturated rings. The third-order valence-corrected chi connectivity index (χ3v) is 3.63. The lowest BCUT2D eigenvalue weighted by molar-refractivity contribution is 0.224. The molecule has 98 valence electrons. The second-order valence-electron chi connectivity index (χ2n) is 4.42. The molecule has 0 bridgehead atoms. The zero-order chi connectivity index (χ0) is 13.0. The number of hydrogen-bond donors (Lipinski definition) is 1. The standard InChI is InChI=1S/C12H19N5S/c1-2-10(12(13)18)16-5-7-17(8-6-16)11-3-4-14-9-15-11/h3-4,9-10H,2,5-8H2,1H3,(H2,13,18). The van der Waals surface area contributed by atoms with Gasteiger partial charge in [0.15, 0.2) is 0 Å². The number of aromatic nitrogens is 2. The van der Waals surface area contributed by atoms with E-state index in [1.165, 1.54) is 0 Å². The van der Waals surface area contributed by atoms with Crippen LogP contribution in [-0.2, 0) is 0 Å². The SMILES string of the molecule is CCC(C(N)=S)N1CCN(c2ccncn2)CC1. The van der Waals surface area contributed by atoms with E-state index in [1.807, 2.05) is 6.07 Å². The van der Waals surface area contributed by atoms with Gasteiger partial charge in [0.25, 0.3) is 0 Å². The van der Waals surface area contributed by atoms with Crippen molar-refractivity contribution in [2.24, 2.45) is 5.73 Å². The Kier molecular flexibility index (Phi) is 4.43. The van der Waals surface area contributed by atoms with Crippen LogP contribution in [0.25, 0.3) is 0 Å². The second-order valence-corrected chi connectivity index (χ2v) is 4.89. The van der Waals surface area contributed by atoms with Crippen LogP contribution in [0.3, 0.4) is 0 Å². The highest BCUT2D eigenvalue weighted by Crippen LogP contribution is 2.14. The van der Waals surface area contributed by atoms with Crippen molar-refractivity contribution in [1.29, 1.82) is 0 Å². The fraction of sp³-hybridized carbons (Fsp3) is 0.583. The molecule has 1 aromatic heterocycles. The molecule has 1 unspecified atom stereocenters. The summed E-state index contributed by atoms with van der Waals surface area (Å²) in [6.07, 6.45) is 4.34. The van der Waals surface area contributed by atoms with E-state index in [0.717, 1.165) is 38.4 Å². The van der Waals surface area contributed by atoms with Gasteiger partial charge < -0.3 is 10.6 Å². The lowest BCUT2D eigenvalue weighted by Crippen LogP contribution is -2.53. The quantitative estimate of drug-likeness (QED) is 0.807. The molecule has 5 nitrogen and oxygen atoms in total. The van der Waals surface area contributed by atoms with Gasteiger partial charge >= 0.3 is 0 Å². The molecule has 1 saturated heterocycles. The number of nitrogens with zero attached hydrogens (tertiary/aromatic N) is 4. The summed E-state index contributed by atoms with van der Waals surface area (Å²) in [5.41, 5.74) is 5.78. The monoisotopic (exact) mass is 265 g/mol. The maximum atomic E-state index is 5.78. The summed E-state index contributed by atoms with van der Waals surface area (Å²) in [5.74, 6) is 0.994. The normalized spacial score (nSPS) is 18.6. The van der Waals surface area contributed by atoms with Crippen LogP contribution in [0.2, 0.25) is 0 Å². The molecule has 2 heterocycles. The number of thiocarbonyl (C=S) groups is 1. The van der Waals surface area contributed by atoms with Crippen LogP contribution >= 0.6 is 12.2 Å². The molecule has 1 atom stereocenters. The highest BCUT2D eigenvalue weighted by molar-refractivity contribution is 7.80. The van der Waals surface area contributed by atoms with Gasteiger partial charge in [0, 0.05) is 32.4 Å². The molecular formula is C12H19N5S. The first-order valence-corrected chi connectivity index (χ1v) is 6.67. The van der Waals surface area contributed by atoms with E-state index in [9.17, 15) is 0 Å². The summed E-state index contributed by atoms with van der Waals surface area (Å²) in [5, 5.41) is 0. The van der Waals surface area contributed by atoms with E-state index in [0.29, 0.717) is 4.99 Å². The minimum absolute atomic E-state index is 0.229. The first-order chi connectivity index (χ1) is 8.72. The van der Waals surface area contributed by atoms with Crippen molar-refractivity contribution in [3.8, 4) is 0 Å². The topological polar surface area (TPSA) is 58.3 Å². The van der Waals surface area contributed by atoms with Gasteiger partial charge in [-0.25, -0.2) is 9.97 Å². The van der Waals surface area contributed by atoms with Gasteiger partial charge in [-0.05, 0) is 12.5 Å². The predicted molar refractivity (Wildman–Crippen MR) is 76.7 cm³/mol. The van der Waals surface area contributed by atoms with E-state index in [-0.39, 0.29) is 6.04 Å². The first kappa shape index (κ1) is 13.2. The molecule has 0 radical (unpaired) electrons. The smallest absolute Gasteiger partial charge is 0.131 e. The molecule has 1 aliphatic rings. The van der Waals surface area contributed by atoms with Crippen molar-refractivity contribution < 1.29 is 0 Å². The number of nitrogens with two attached hydrogens (primary N) is 1. The van der Waals surface area contributed by atoms with Crippen LogP contribution in [0, 0.1) is 0 Å². The van der Waals surface area contributed by atoms with Crippen molar-refractivity contribution >= 4 is 23.0 Å². The van der Waals surface area contributed by atoms with Crippen LogP contribution < -0.4 is 10.6 Å². The van der Waals surface area contributed by atoms with Gasteiger partial charge in [0.1, 0.15) is 12.1 Å². The van der Waals surface area contributed by atoms with E-state index in [4.69, 9.17) is 18.0 Å². The zero-order valence-electron chi connectivity index (χ0n) is 10.6. The van der Waals surface area contributed by atoms with Crippen molar-refractivity contribution in [1.82, 2.24) is 14.9 Å². The summed E-state index contributed by atoms with van der Waals surface area (Å²) in [6, 6.07) is 2.17. The highest BCUT2D eigenvalue weighted by atomic mass is 32.1. The van der Waals surface area contributed by atoms with Crippen LogP contribution in [0.1, 0.15) is 13.3 Å². The Balaban J connectivity index is 1.94. The Labute approximate surface area is 113 Å². The number of rotatable bonds is 4. The molecule has 2 N–H and O–H groups in total. The summed E-state index contributed by atoms with van der Waals surface area (Å²) in [7, 11) is 0. The van der Waals surface area contributed by atoms with Gasteiger partial charge in [0.05, 0.1) is 11.0 Å². The van der Waals surface area contributed by atoms with Crippen LogP contribution in [0.4, 0.5) is 5.82 Å². The summed E-state index contributed by atoms with van der Waals surface area (Å²) >= 11 is 5.12. The van der Waals surface area contributed by atoms with Crippen molar-refractivity contribution in [2.45, 2.75) is 19.4 Å². The minimum atomic E-state index is 0.229. The van der Waals surface area contributed by atoms with Gasteiger partial charge in [-0.1, -0.05) is 19.1 Å². The maximum Gasteiger partial charge on any atom is 0.131 e. The van der Waals surface area contributed by atoms with E-state index >= 15 is 0 Å². The van der Waals surface area contributed by atoms with Crippen LogP contribution in [0.15, 0.2) is 18.6 Å². The average molecular weight is 265 g/mol. The largest absolute Gasteiger partial charge is 0.392 e. The van der Waals surface area contributed by atoms with E-state index in [1.54, 1.807) is 12.5 Å². The van der Waals surface area contributed by atoms with Crippen LogP contribution in [0.5, 0.6) is 0 Å². The molecule has 2 rings (SSSR count). The summed E-state index contributed by atoms with van der Waals surface area (Å²) in [4.78, 5) is 13.4. The lowest BCUT2D eigenvalue weighted by Gasteiger charge is -2.39. The fourth-order valence-electron chi connectivity index (χ4n) is 2.37.